The summed E-state index contributed by atoms with van der Waals surface area (Å²) in [6, 6.07) is 20.3. The van der Waals surface area contributed by atoms with Crippen LogP contribution in [0.3, 0.4) is 0 Å². The number of hydrogen-bond donors (Lipinski definition) is 2. The van der Waals surface area contributed by atoms with E-state index in [1.165, 1.54) is 17.5 Å². The lowest BCUT2D eigenvalue weighted by Crippen LogP contribution is -2.00. The fourth-order valence-corrected chi connectivity index (χ4v) is 2.19. The van der Waals surface area contributed by atoms with Gasteiger partial charge in [-0.3, -0.25) is 0 Å². The van der Waals surface area contributed by atoms with E-state index in [-0.39, 0.29) is 0 Å². The maximum absolute atomic E-state index is 5.68. The first-order chi connectivity index (χ1) is 10.3. The highest BCUT2D eigenvalue weighted by Crippen LogP contribution is 2.22. The van der Waals surface area contributed by atoms with Gasteiger partial charge in [-0.1, -0.05) is 48.5 Å². The van der Waals surface area contributed by atoms with Crippen molar-refractivity contribution in [1.82, 2.24) is 9.97 Å². The van der Waals surface area contributed by atoms with Crippen molar-refractivity contribution >= 4 is 17.3 Å². The minimum atomic E-state index is 0.452. The van der Waals surface area contributed by atoms with Crippen LogP contribution in [0.25, 0.3) is 0 Å². The molecule has 3 N–H and O–H groups in total. The fraction of sp³-hybridized carbons (Fsp3) is 0.0588. The monoisotopic (exact) mass is 276 g/mol. The van der Waals surface area contributed by atoms with Crippen LogP contribution in [0.2, 0.25) is 0 Å². The van der Waals surface area contributed by atoms with Gasteiger partial charge in [-0.25, -0.2) is 9.97 Å². The molecule has 104 valence electrons. The highest BCUT2D eigenvalue weighted by atomic mass is 15.0. The number of hydrogen-bond acceptors (Lipinski definition) is 4. The van der Waals surface area contributed by atoms with E-state index in [9.17, 15) is 0 Å². The molecule has 4 nitrogen and oxygen atoms in total. The summed E-state index contributed by atoms with van der Waals surface area (Å²) >= 11 is 0. The molecule has 0 saturated heterocycles. The highest BCUT2D eigenvalue weighted by Gasteiger charge is 2.04. The van der Waals surface area contributed by atoms with Gasteiger partial charge in [0.05, 0.1) is 0 Å². The van der Waals surface area contributed by atoms with Gasteiger partial charge in [0, 0.05) is 11.8 Å². The molecule has 0 fully saturated rings. The molecule has 0 unspecified atom stereocenters. The van der Waals surface area contributed by atoms with Gasteiger partial charge in [0.25, 0.3) is 0 Å². The van der Waals surface area contributed by atoms with Crippen LogP contribution < -0.4 is 11.1 Å². The molecule has 3 aromatic rings. The summed E-state index contributed by atoms with van der Waals surface area (Å²) in [5, 5.41) is 3.30. The summed E-state index contributed by atoms with van der Waals surface area (Å²) < 4.78 is 0. The summed E-state index contributed by atoms with van der Waals surface area (Å²) in [6.07, 6.45) is 2.32. The van der Waals surface area contributed by atoms with Gasteiger partial charge in [0.15, 0.2) is 0 Å². The number of anilines is 3. The second-order valence-corrected chi connectivity index (χ2v) is 4.77. The van der Waals surface area contributed by atoms with E-state index in [2.05, 4.69) is 45.6 Å². The topological polar surface area (TPSA) is 63.8 Å². The third kappa shape index (κ3) is 3.36. The Morgan fingerprint density at radius 3 is 2.48 bits per heavy atom. The van der Waals surface area contributed by atoms with E-state index in [1.54, 1.807) is 6.07 Å². The molecule has 0 aliphatic carbocycles. The minimum Gasteiger partial charge on any atom is -0.384 e. The molecule has 0 spiro atoms. The van der Waals surface area contributed by atoms with Gasteiger partial charge < -0.3 is 11.1 Å². The molecular formula is C17H16N4. The molecule has 1 heterocycles. The SMILES string of the molecule is Nc1cc(Nc2ccccc2Cc2ccccc2)ncn1. The van der Waals surface area contributed by atoms with E-state index < -0.39 is 0 Å². The van der Waals surface area contributed by atoms with Crippen LogP contribution in [0.5, 0.6) is 0 Å². The van der Waals surface area contributed by atoms with Crippen molar-refractivity contribution < 1.29 is 0 Å². The zero-order chi connectivity index (χ0) is 14.5. The Labute approximate surface area is 123 Å². The summed E-state index contributed by atoms with van der Waals surface area (Å²) in [6.45, 7) is 0. The number of nitrogens with zero attached hydrogens (tertiary/aromatic N) is 2. The Balaban J connectivity index is 1.86. The average Bonchev–Trinajstić information content (AvgIpc) is 2.50. The summed E-state index contributed by atoms with van der Waals surface area (Å²) in [5.41, 5.74) is 9.19. The van der Waals surface area contributed by atoms with Crippen molar-refractivity contribution in [3.63, 3.8) is 0 Å². The quantitative estimate of drug-likeness (QED) is 0.766. The van der Waals surface area contributed by atoms with Crippen LogP contribution in [0.1, 0.15) is 11.1 Å². The third-order valence-electron chi connectivity index (χ3n) is 3.21. The molecule has 2 aromatic carbocycles. The lowest BCUT2D eigenvalue weighted by Gasteiger charge is -2.11. The summed E-state index contributed by atoms with van der Waals surface area (Å²) in [7, 11) is 0. The van der Waals surface area contributed by atoms with Crippen molar-refractivity contribution in [3.8, 4) is 0 Å². The molecule has 4 heteroatoms. The second-order valence-electron chi connectivity index (χ2n) is 4.77. The predicted octanol–water partition coefficient (Wildman–Crippen LogP) is 3.39. The maximum atomic E-state index is 5.68. The van der Waals surface area contributed by atoms with Crippen LogP contribution in [-0.2, 0) is 6.42 Å². The van der Waals surface area contributed by atoms with Gasteiger partial charge >= 0.3 is 0 Å². The average molecular weight is 276 g/mol. The summed E-state index contributed by atoms with van der Waals surface area (Å²) in [5.74, 6) is 1.15. The number of benzene rings is 2. The van der Waals surface area contributed by atoms with Crippen molar-refractivity contribution in [2.45, 2.75) is 6.42 Å². The van der Waals surface area contributed by atoms with E-state index >= 15 is 0 Å². The summed E-state index contributed by atoms with van der Waals surface area (Å²) in [4.78, 5) is 8.08. The Morgan fingerprint density at radius 1 is 0.905 bits per heavy atom. The largest absolute Gasteiger partial charge is 0.384 e. The van der Waals surface area contributed by atoms with Crippen molar-refractivity contribution in [3.05, 3.63) is 78.1 Å². The van der Waals surface area contributed by atoms with E-state index in [1.807, 2.05) is 24.3 Å². The maximum Gasteiger partial charge on any atom is 0.135 e. The molecule has 0 saturated carbocycles. The Bertz CT molecular complexity index is 726. The smallest absolute Gasteiger partial charge is 0.135 e. The van der Waals surface area contributed by atoms with Crippen LogP contribution in [-0.4, -0.2) is 9.97 Å². The normalized spacial score (nSPS) is 10.3. The van der Waals surface area contributed by atoms with Crippen molar-refractivity contribution in [1.29, 1.82) is 0 Å². The zero-order valence-electron chi connectivity index (χ0n) is 11.5. The lowest BCUT2D eigenvalue weighted by molar-refractivity contribution is 1.16. The van der Waals surface area contributed by atoms with Crippen LogP contribution in [0.4, 0.5) is 17.3 Å². The first-order valence-electron chi connectivity index (χ1n) is 6.77. The third-order valence-corrected chi connectivity index (χ3v) is 3.21. The molecule has 3 rings (SSSR count). The number of rotatable bonds is 4. The minimum absolute atomic E-state index is 0.452. The van der Waals surface area contributed by atoms with Gasteiger partial charge in [-0.05, 0) is 23.6 Å². The first-order valence-corrected chi connectivity index (χ1v) is 6.77. The van der Waals surface area contributed by atoms with Gasteiger partial charge in [-0.15, -0.1) is 0 Å². The number of nitrogens with one attached hydrogen (secondary N) is 1. The van der Waals surface area contributed by atoms with E-state index in [4.69, 9.17) is 5.73 Å². The number of nitrogens with two attached hydrogens (primary N) is 1. The molecular weight excluding hydrogens is 260 g/mol. The van der Waals surface area contributed by atoms with Crippen molar-refractivity contribution in [2.24, 2.45) is 0 Å². The van der Waals surface area contributed by atoms with Gasteiger partial charge in [-0.2, -0.15) is 0 Å². The fourth-order valence-electron chi connectivity index (χ4n) is 2.19. The molecule has 0 atom stereocenters. The molecule has 1 aromatic heterocycles. The first kappa shape index (κ1) is 13.1. The van der Waals surface area contributed by atoms with Gasteiger partial charge in [0.2, 0.25) is 0 Å². The molecule has 0 aliphatic heterocycles. The molecule has 0 bridgehead atoms. The van der Waals surface area contributed by atoms with Crippen LogP contribution >= 0.6 is 0 Å². The highest BCUT2D eigenvalue weighted by molar-refractivity contribution is 5.62. The molecule has 0 aliphatic rings. The van der Waals surface area contributed by atoms with Crippen LogP contribution in [0.15, 0.2) is 67.0 Å². The zero-order valence-corrected chi connectivity index (χ0v) is 11.5. The predicted molar refractivity (Wildman–Crippen MR) is 85.4 cm³/mol. The molecule has 21 heavy (non-hydrogen) atoms. The Morgan fingerprint density at radius 2 is 1.67 bits per heavy atom. The Hall–Kier alpha value is -2.88. The standard InChI is InChI=1S/C17H16N4/c18-16-11-17(20-12-19-16)21-15-9-5-4-8-14(15)10-13-6-2-1-3-7-13/h1-9,11-12H,10H2,(H3,18,19,20,21). The second kappa shape index (κ2) is 6.05. The number of para-hydroxylation sites is 1. The van der Waals surface area contributed by atoms with Crippen molar-refractivity contribution in [2.75, 3.05) is 11.1 Å². The number of nitrogen functional groups attached to an aromatic ring is 1. The molecule has 0 radical (unpaired) electrons. The lowest BCUT2D eigenvalue weighted by atomic mass is 10.0. The van der Waals surface area contributed by atoms with E-state index in [0.717, 1.165) is 12.1 Å². The Kier molecular flexibility index (Phi) is 3.78. The van der Waals surface area contributed by atoms with Crippen LogP contribution in [0, 0.1) is 0 Å². The number of aromatic nitrogens is 2. The van der Waals surface area contributed by atoms with Gasteiger partial charge in [0.1, 0.15) is 18.0 Å². The molecule has 0 amide bonds. The van der Waals surface area contributed by atoms with E-state index in [0.29, 0.717) is 11.6 Å².